The molecule has 4 rings (SSSR count). The van der Waals surface area contributed by atoms with Crippen molar-refractivity contribution in [3.8, 4) is 5.75 Å². The predicted octanol–water partition coefficient (Wildman–Crippen LogP) is 3.77. The summed E-state index contributed by atoms with van der Waals surface area (Å²) in [5.41, 5.74) is 7.73. The van der Waals surface area contributed by atoms with Gasteiger partial charge in [-0.1, -0.05) is 41.4 Å². The average Bonchev–Trinajstić information content (AvgIpc) is 2.78. The van der Waals surface area contributed by atoms with Crippen LogP contribution in [-0.2, 0) is 16.1 Å². The van der Waals surface area contributed by atoms with E-state index in [9.17, 15) is 9.59 Å². The summed E-state index contributed by atoms with van der Waals surface area (Å²) in [6.45, 7) is 2.02. The topological polar surface area (TPSA) is 96.4 Å². The molecular formula is C23H19Cl2N3O4. The van der Waals surface area contributed by atoms with Gasteiger partial charge in [0.05, 0.1) is 40.9 Å². The Morgan fingerprint density at radius 3 is 2.72 bits per heavy atom. The largest absolute Gasteiger partial charge is 0.465 e. The van der Waals surface area contributed by atoms with E-state index in [1.165, 1.54) is 7.11 Å². The van der Waals surface area contributed by atoms with Gasteiger partial charge in [-0.2, -0.15) is 0 Å². The van der Waals surface area contributed by atoms with E-state index in [2.05, 4.69) is 4.98 Å². The molecule has 0 spiro atoms. The SMILES string of the molecule is COC(=O)C1=C(N)Oc2cc(C)n(Cc3ccccn3)c(=O)c2[C@H]1c1cccc(Cl)c1Cl. The number of ether oxygens (including phenoxy) is 2. The van der Waals surface area contributed by atoms with Crippen LogP contribution in [0.4, 0.5) is 0 Å². The third-order valence-corrected chi connectivity index (χ3v) is 6.15. The van der Waals surface area contributed by atoms with E-state index >= 15 is 0 Å². The number of hydrogen-bond acceptors (Lipinski definition) is 6. The van der Waals surface area contributed by atoms with Gasteiger partial charge in [0.2, 0.25) is 5.88 Å². The molecule has 0 saturated heterocycles. The Bertz CT molecular complexity index is 1300. The number of carbonyl (C=O) groups excluding carboxylic acids is 1. The number of methoxy groups -OCH3 is 1. The summed E-state index contributed by atoms with van der Waals surface area (Å²) in [7, 11) is 1.23. The number of esters is 1. The average molecular weight is 472 g/mol. The van der Waals surface area contributed by atoms with Crippen LogP contribution in [0.3, 0.4) is 0 Å². The summed E-state index contributed by atoms with van der Waals surface area (Å²) < 4.78 is 12.2. The molecule has 32 heavy (non-hydrogen) atoms. The summed E-state index contributed by atoms with van der Waals surface area (Å²) in [4.78, 5) is 30.7. The van der Waals surface area contributed by atoms with Gasteiger partial charge in [-0.05, 0) is 30.7 Å². The van der Waals surface area contributed by atoms with Crippen molar-refractivity contribution in [1.29, 1.82) is 0 Å². The van der Waals surface area contributed by atoms with E-state index in [-0.39, 0.29) is 44.9 Å². The highest BCUT2D eigenvalue weighted by molar-refractivity contribution is 6.42. The van der Waals surface area contributed by atoms with Crippen LogP contribution in [0, 0.1) is 6.92 Å². The summed E-state index contributed by atoms with van der Waals surface area (Å²) in [6.07, 6.45) is 1.66. The normalized spacial score (nSPS) is 15.2. The number of rotatable bonds is 4. The Morgan fingerprint density at radius 1 is 1.25 bits per heavy atom. The van der Waals surface area contributed by atoms with Crippen LogP contribution in [0.1, 0.15) is 28.4 Å². The van der Waals surface area contributed by atoms with Gasteiger partial charge in [-0.25, -0.2) is 4.79 Å². The first-order chi connectivity index (χ1) is 15.3. The molecule has 7 nitrogen and oxygen atoms in total. The fourth-order valence-corrected chi connectivity index (χ4v) is 4.22. The van der Waals surface area contributed by atoms with Gasteiger partial charge >= 0.3 is 5.97 Å². The maximum atomic E-state index is 13.7. The third-order valence-electron chi connectivity index (χ3n) is 5.31. The van der Waals surface area contributed by atoms with Crippen molar-refractivity contribution >= 4 is 29.2 Å². The highest BCUT2D eigenvalue weighted by Crippen LogP contribution is 2.44. The highest BCUT2D eigenvalue weighted by Gasteiger charge is 2.39. The number of carbonyl (C=O) groups is 1. The Morgan fingerprint density at radius 2 is 2.03 bits per heavy atom. The maximum absolute atomic E-state index is 13.7. The van der Waals surface area contributed by atoms with Gasteiger partial charge < -0.3 is 19.8 Å². The second kappa shape index (κ2) is 8.68. The van der Waals surface area contributed by atoms with Crippen LogP contribution in [-0.4, -0.2) is 22.6 Å². The molecule has 1 aliphatic heterocycles. The lowest BCUT2D eigenvalue weighted by Crippen LogP contribution is -2.35. The van der Waals surface area contributed by atoms with Crippen molar-refractivity contribution in [2.45, 2.75) is 19.4 Å². The molecule has 1 atom stereocenters. The van der Waals surface area contributed by atoms with Crippen molar-refractivity contribution in [2.24, 2.45) is 5.73 Å². The quantitative estimate of drug-likeness (QED) is 0.581. The van der Waals surface area contributed by atoms with Gasteiger partial charge in [0.15, 0.2) is 0 Å². The lowest BCUT2D eigenvalue weighted by Gasteiger charge is -2.29. The summed E-state index contributed by atoms with van der Waals surface area (Å²) in [5, 5.41) is 0.485. The first kappa shape index (κ1) is 21.9. The number of aryl methyl sites for hydroxylation is 1. The fourth-order valence-electron chi connectivity index (χ4n) is 3.80. The minimum Gasteiger partial charge on any atom is -0.465 e. The Labute approximate surface area is 194 Å². The number of fused-ring (bicyclic) bond motifs is 1. The van der Waals surface area contributed by atoms with Crippen molar-refractivity contribution in [1.82, 2.24) is 9.55 Å². The van der Waals surface area contributed by atoms with Gasteiger partial charge in [-0.3, -0.25) is 9.78 Å². The highest BCUT2D eigenvalue weighted by atomic mass is 35.5. The molecule has 2 aromatic heterocycles. The van der Waals surface area contributed by atoms with Gasteiger partial charge in [0.1, 0.15) is 11.3 Å². The predicted molar refractivity (Wildman–Crippen MR) is 121 cm³/mol. The van der Waals surface area contributed by atoms with E-state index in [1.807, 2.05) is 12.1 Å². The molecule has 0 saturated carbocycles. The van der Waals surface area contributed by atoms with Crippen LogP contribution >= 0.6 is 23.2 Å². The molecule has 0 aliphatic carbocycles. The van der Waals surface area contributed by atoms with Crippen LogP contribution in [0.25, 0.3) is 0 Å². The number of aromatic nitrogens is 2. The molecule has 1 aliphatic rings. The van der Waals surface area contributed by atoms with Crippen molar-refractivity contribution in [3.05, 3.63) is 103 Å². The second-order valence-electron chi connectivity index (χ2n) is 7.22. The van der Waals surface area contributed by atoms with Crippen LogP contribution in [0.15, 0.2) is 64.9 Å². The first-order valence-electron chi connectivity index (χ1n) is 9.67. The van der Waals surface area contributed by atoms with Crippen molar-refractivity contribution in [2.75, 3.05) is 7.11 Å². The Balaban J connectivity index is 1.99. The van der Waals surface area contributed by atoms with E-state index < -0.39 is 11.9 Å². The molecule has 0 radical (unpaired) electrons. The van der Waals surface area contributed by atoms with E-state index in [0.717, 1.165) is 0 Å². The molecule has 0 unspecified atom stereocenters. The number of pyridine rings is 2. The number of nitrogens with zero attached hydrogens (tertiary/aromatic N) is 2. The molecule has 9 heteroatoms. The number of hydrogen-bond donors (Lipinski definition) is 1. The summed E-state index contributed by atoms with van der Waals surface area (Å²) in [6, 6.07) is 12.2. The van der Waals surface area contributed by atoms with Crippen LogP contribution in [0.2, 0.25) is 10.0 Å². The van der Waals surface area contributed by atoms with Gasteiger partial charge in [0, 0.05) is 18.0 Å². The lowest BCUT2D eigenvalue weighted by atomic mass is 9.83. The molecule has 1 aromatic carbocycles. The van der Waals surface area contributed by atoms with Gasteiger partial charge in [-0.15, -0.1) is 0 Å². The molecule has 0 bridgehead atoms. The first-order valence-corrected chi connectivity index (χ1v) is 10.4. The number of halogens is 2. The molecule has 3 heterocycles. The smallest absolute Gasteiger partial charge is 0.340 e. The maximum Gasteiger partial charge on any atom is 0.340 e. The molecule has 0 fully saturated rings. The van der Waals surface area contributed by atoms with E-state index in [4.69, 9.17) is 38.4 Å². The Kier molecular flexibility index (Phi) is 5.95. The molecule has 164 valence electrons. The van der Waals surface area contributed by atoms with Gasteiger partial charge in [0.25, 0.3) is 5.56 Å². The minimum atomic E-state index is -0.930. The fraction of sp³-hybridized carbons (Fsp3) is 0.174. The number of nitrogens with two attached hydrogens (primary N) is 1. The molecular weight excluding hydrogens is 453 g/mol. The zero-order valence-electron chi connectivity index (χ0n) is 17.3. The Hall–Kier alpha value is -3.29. The summed E-state index contributed by atoms with van der Waals surface area (Å²) >= 11 is 12.7. The second-order valence-corrected chi connectivity index (χ2v) is 8.01. The monoisotopic (exact) mass is 471 g/mol. The van der Waals surface area contributed by atoms with E-state index in [1.54, 1.807) is 48.0 Å². The number of benzene rings is 1. The molecule has 3 aromatic rings. The van der Waals surface area contributed by atoms with E-state index in [0.29, 0.717) is 17.0 Å². The minimum absolute atomic E-state index is 0.0190. The van der Waals surface area contributed by atoms with Crippen molar-refractivity contribution < 1.29 is 14.3 Å². The molecule has 2 N–H and O–H groups in total. The standard InChI is InChI=1S/C23H19Cl2N3O4/c1-12-10-16-18(22(29)28(12)11-13-6-3-4-9-27-13)17(14-7-5-8-15(24)20(14)25)19(21(26)32-16)23(30)31-2/h3-10,17H,11,26H2,1-2H3/t17-/m1/s1. The third kappa shape index (κ3) is 3.74. The van der Waals surface area contributed by atoms with Crippen molar-refractivity contribution in [3.63, 3.8) is 0 Å². The zero-order chi connectivity index (χ0) is 23.0. The lowest BCUT2D eigenvalue weighted by molar-refractivity contribution is -0.136. The summed E-state index contributed by atoms with van der Waals surface area (Å²) in [5.74, 6) is -1.58. The molecule has 0 amide bonds. The van der Waals surface area contributed by atoms with Crippen LogP contribution in [0.5, 0.6) is 5.75 Å². The zero-order valence-corrected chi connectivity index (χ0v) is 18.8. The van der Waals surface area contributed by atoms with Crippen LogP contribution < -0.4 is 16.0 Å².